The van der Waals surface area contributed by atoms with Gasteiger partial charge in [-0.05, 0) is 5.56 Å². The van der Waals surface area contributed by atoms with Crippen molar-refractivity contribution >= 4 is 29.8 Å². The zero-order chi connectivity index (χ0) is 29.0. The van der Waals surface area contributed by atoms with Crippen molar-refractivity contribution in [3.8, 4) is 0 Å². The monoisotopic (exact) mass is 554 g/mol. The van der Waals surface area contributed by atoms with Gasteiger partial charge in [-0.25, -0.2) is 0 Å². The Morgan fingerprint density at radius 1 is 0.769 bits per heavy atom. The lowest BCUT2D eigenvalue weighted by Gasteiger charge is -2.50. The predicted molar refractivity (Wildman–Crippen MR) is 130 cm³/mol. The Morgan fingerprint density at radius 3 is 1.95 bits per heavy atom. The van der Waals surface area contributed by atoms with E-state index in [0.717, 1.165) is 40.2 Å². The average molecular weight is 555 g/mol. The van der Waals surface area contributed by atoms with Crippen LogP contribution in [0, 0.1) is 0 Å². The summed E-state index contributed by atoms with van der Waals surface area (Å²) in [6.07, 6.45) is -6.02. The van der Waals surface area contributed by atoms with Gasteiger partial charge in [0.25, 0.3) is 0 Å². The highest BCUT2D eigenvalue weighted by molar-refractivity contribution is 5.70. The van der Waals surface area contributed by atoms with Crippen LogP contribution in [-0.4, -0.2) is 86.5 Å². The summed E-state index contributed by atoms with van der Waals surface area (Å²) in [5.74, 6) is -4.01. The zero-order valence-electron chi connectivity index (χ0n) is 22.5. The summed E-state index contributed by atoms with van der Waals surface area (Å²) >= 11 is 0. The van der Waals surface area contributed by atoms with E-state index in [9.17, 15) is 24.0 Å². The van der Waals surface area contributed by atoms with E-state index in [-0.39, 0.29) is 13.2 Å². The summed E-state index contributed by atoms with van der Waals surface area (Å²) in [5.41, 5.74) is -1.17. The first-order valence-corrected chi connectivity index (χ1v) is 12.1. The van der Waals surface area contributed by atoms with E-state index in [2.05, 4.69) is 0 Å². The van der Waals surface area contributed by atoms with Gasteiger partial charge in [-0.3, -0.25) is 24.0 Å². The third-order valence-electron chi connectivity index (χ3n) is 5.31. The Hall–Kier alpha value is -3.55. The van der Waals surface area contributed by atoms with Crippen LogP contribution in [0.15, 0.2) is 30.3 Å². The first-order chi connectivity index (χ1) is 18.4. The highest BCUT2D eigenvalue weighted by Crippen LogP contribution is 2.38. The number of hydrogen-bond donors (Lipinski definition) is 0. The molecule has 0 amide bonds. The Bertz CT molecular complexity index is 995. The molecule has 1 fully saturated rings. The van der Waals surface area contributed by atoms with E-state index < -0.39 is 73.3 Å². The van der Waals surface area contributed by atoms with Gasteiger partial charge in [-0.1, -0.05) is 30.3 Å². The molecule has 13 nitrogen and oxygen atoms in total. The van der Waals surface area contributed by atoms with Crippen LogP contribution < -0.4 is 0 Å². The third-order valence-corrected chi connectivity index (χ3v) is 5.31. The van der Waals surface area contributed by atoms with Crippen LogP contribution in [0.2, 0.25) is 0 Å². The van der Waals surface area contributed by atoms with Gasteiger partial charge in [0.1, 0.15) is 12.7 Å². The minimum absolute atomic E-state index is 0.00939. The van der Waals surface area contributed by atoms with E-state index in [4.69, 9.17) is 37.9 Å². The molecular formula is C26H34O13. The predicted octanol–water partition coefficient (Wildman–Crippen LogP) is 1.24. The van der Waals surface area contributed by atoms with Crippen molar-refractivity contribution in [2.24, 2.45) is 0 Å². The van der Waals surface area contributed by atoms with Crippen LogP contribution in [0.25, 0.3) is 0 Å². The number of rotatable bonds is 13. The standard InChI is InChI=1S/C26H34O13/c1-16(27)34-14-22-23(35-17(2)28)24(36-18(3)29)26(39-20(5)31,25(38-22)37-19(4)30)15-33-12-11-32-13-21-9-7-6-8-10-21/h6-10,22-25H,11-15H2,1-5H3/t22-,23-,24+,25+,26+/m1/s1. The molecule has 0 N–H and O–H groups in total. The van der Waals surface area contributed by atoms with E-state index in [1.807, 2.05) is 30.3 Å². The SMILES string of the molecule is CC(=O)OC[C@H]1O[C@H](OC(C)=O)[C@@](COCCOCc2ccccc2)(OC(C)=O)[C@@H](OC(C)=O)[C@@H]1OC(C)=O. The third kappa shape index (κ3) is 9.93. The minimum atomic E-state index is -2.12. The molecule has 1 aromatic carbocycles. The summed E-state index contributed by atoms with van der Waals surface area (Å²) in [5, 5.41) is 0. The summed E-state index contributed by atoms with van der Waals surface area (Å²) in [6.45, 7) is 4.94. The number of carbonyl (C=O) groups is 5. The van der Waals surface area contributed by atoms with Gasteiger partial charge in [-0.15, -0.1) is 0 Å². The minimum Gasteiger partial charge on any atom is -0.463 e. The number of ether oxygens (including phenoxy) is 8. The van der Waals surface area contributed by atoms with Crippen LogP contribution in [0.3, 0.4) is 0 Å². The second-order valence-corrected chi connectivity index (χ2v) is 8.66. The second-order valence-electron chi connectivity index (χ2n) is 8.66. The Kier molecular flexibility index (Phi) is 12.3. The summed E-state index contributed by atoms with van der Waals surface area (Å²) in [4.78, 5) is 59.9. The molecule has 216 valence electrons. The maximum Gasteiger partial charge on any atom is 0.305 e. The summed E-state index contributed by atoms with van der Waals surface area (Å²) in [6, 6.07) is 9.42. The van der Waals surface area contributed by atoms with Crippen LogP contribution >= 0.6 is 0 Å². The fourth-order valence-electron chi connectivity index (χ4n) is 3.91. The number of carbonyl (C=O) groups excluding carboxylic acids is 5. The molecule has 5 atom stereocenters. The lowest BCUT2D eigenvalue weighted by Crippen LogP contribution is -2.72. The normalized spacial score (nSPS) is 24.2. The largest absolute Gasteiger partial charge is 0.463 e. The van der Waals surface area contributed by atoms with E-state index in [0.29, 0.717) is 6.61 Å². The van der Waals surface area contributed by atoms with Crippen molar-refractivity contribution in [1.82, 2.24) is 0 Å². The highest BCUT2D eigenvalue weighted by atomic mass is 16.8. The molecule has 1 aliphatic heterocycles. The molecule has 1 saturated heterocycles. The molecule has 0 saturated carbocycles. The maximum atomic E-state index is 12.3. The smallest absolute Gasteiger partial charge is 0.305 e. The van der Waals surface area contributed by atoms with Crippen LogP contribution in [-0.2, 0) is 68.5 Å². The van der Waals surface area contributed by atoms with Gasteiger partial charge in [0.2, 0.25) is 11.9 Å². The summed E-state index contributed by atoms with van der Waals surface area (Å²) in [7, 11) is 0. The van der Waals surface area contributed by atoms with Crippen molar-refractivity contribution in [2.75, 3.05) is 26.4 Å². The number of benzene rings is 1. The van der Waals surface area contributed by atoms with Gasteiger partial charge in [0, 0.05) is 34.6 Å². The Balaban J connectivity index is 2.37. The second kappa shape index (κ2) is 15.1. The molecule has 13 heteroatoms. The quantitative estimate of drug-likeness (QED) is 0.195. The molecule has 2 rings (SSSR count). The van der Waals surface area contributed by atoms with E-state index in [1.54, 1.807) is 0 Å². The van der Waals surface area contributed by atoms with Crippen molar-refractivity contribution < 1.29 is 61.9 Å². The molecule has 0 aliphatic carbocycles. The first kappa shape index (κ1) is 31.7. The molecule has 0 radical (unpaired) electrons. The summed E-state index contributed by atoms with van der Waals surface area (Å²) < 4.78 is 44.0. The molecule has 1 aromatic rings. The maximum absolute atomic E-state index is 12.3. The lowest BCUT2D eigenvalue weighted by atomic mass is 9.86. The Labute approximate surface area is 225 Å². The topological polar surface area (TPSA) is 159 Å². The molecule has 1 heterocycles. The molecule has 0 spiro atoms. The highest BCUT2D eigenvalue weighted by Gasteiger charge is 2.64. The van der Waals surface area contributed by atoms with Crippen molar-refractivity contribution in [3.05, 3.63) is 35.9 Å². The van der Waals surface area contributed by atoms with Gasteiger partial charge < -0.3 is 37.9 Å². The van der Waals surface area contributed by atoms with Crippen LogP contribution in [0.4, 0.5) is 0 Å². The number of hydrogen-bond acceptors (Lipinski definition) is 13. The molecule has 39 heavy (non-hydrogen) atoms. The fourth-order valence-corrected chi connectivity index (χ4v) is 3.91. The molecule has 0 aromatic heterocycles. The molecule has 1 aliphatic rings. The van der Waals surface area contributed by atoms with Crippen molar-refractivity contribution in [1.29, 1.82) is 0 Å². The van der Waals surface area contributed by atoms with E-state index >= 15 is 0 Å². The average Bonchev–Trinajstić information content (AvgIpc) is 2.83. The first-order valence-electron chi connectivity index (χ1n) is 12.1. The van der Waals surface area contributed by atoms with Crippen molar-refractivity contribution in [3.63, 3.8) is 0 Å². The van der Waals surface area contributed by atoms with Crippen LogP contribution in [0.5, 0.6) is 0 Å². The molecule has 0 unspecified atom stereocenters. The van der Waals surface area contributed by atoms with E-state index in [1.165, 1.54) is 0 Å². The molecule has 0 bridgehead atoms. The van der Waals surface area contributed by atoms with Crippen LogP contribution in [0.1, 0.15) is 40.2 Å². The lowest BCUT2D eigenvalue weighted by molar-refractivity contribution is -0.344. The fraction of sp³-hybridized carbons (Fsp3) is 0.577. The Morgan fingerprint density at radius 2 is 1.38 bits per heavy atom. The molecular weight excluding hydrogens is 520 g/mol. The number of esters is 5. The van der Waals surface area contributed by atoms with Gasteiger partial charge >= 0.3 is 29.8 Å². The van der Waals surface area contributed by atoms with Gasteiger partial charge in [0.05, 0.1) is 26.4 Å². The zero-order valence-corrected chi connectivity index (χ0v) is 22.5. The van der Waals surface area contributed by atoms with Gasteiger partial charge in [0.15, 0.2) is 12.2 Å². The van der Waals surface area contributed by atoms with Gasteiger partial charge in [-0.2, -0.15) is 0 Å². The van der Waals surface area contributed by atoms with Crippen molar-refractivity contribution in [2.45, 2.75) is 71.4 Å².